The van der Waals surface area contributed by atoms with Gasteiger partial charge in [-0.05, 0) is 31.9 Å². The molecule has 1 aliphatic heterocycles. The number of carbonyl (C=O) groups excluding carboxylic acids is 1. The molecule has 0 aromatic heterocycles. The monoisotopic (exact) mass is 335 g/mol. The minimum absolute atomic E-state index is 0.0789. The zero-order valence-corrected chi connectivity index (χ0v) is 15.1. The maximum absolute atomic E-state index is 12.5. The molecule has 1 aliphatic rings. The van der Waals surface area contributed by atoms with Gasteiger partial charge in [0.05, 0.1) is 6.04 Å². The summed E-state index contributed by atoms with van der Waals surface area (Å²) in [5.74, 6) is -0.147. The zero-order valence-electron chi connectivity index (χ0n) is 15.1. The highest BCUT2D eigenvalue weighted by molar-refractivity contribution is 5.81. The Morgan fingerprint density at radius 3 is 2.24 bits per heavy atom. The molecule has 25 heavy (non-hydrogen) atoms. The average molecular weight is 335 g/mol. The van der Waals surface area contributed by atoms with Crippen LogP contribution in [0.25, 0.3) is 6.08 Å². The second-order valence-electron chi connectivity index (χ2n) is 7.40. The first-order valence-electron chi connectivity index (χ1n) is 8.70. The standard InChI is InChI=1S/C22H25NO2/c1-22(2,3)25-21(24)20-19(15-14-17-10-6-4-7-11-17)23(20)16-18-12-8-5-9-13-18/h4-15,19-20H,16H2,1-3H3/b15-14+/t19-,20-,23?/m1/s1. The van der Waals surface area contributed by atoms with E-state index in [1.807, 2.05) is 57.2 Å². The lowest BCUT2D eigenvalue weighted by Gasteiger charge is -2.19. The van der Waals surface area contributed by atoms with Crippen LogP contribution in [0.1, 0.15) is 31.9 Å². The summed E-state index contributed by atoms with van der Waals surface area (Å²) < 4.78 is 5.60. The third-order valence-electron chi connectivity index (χ3n) is 4.12. The van der Waals surface area contributed by atoms with Crippen LogP contribution in [0, 0.1) is 0 Å². The summed E-state index contributed by atoms with van der Waals surface area (Å²) >= 11 is 0. The van der Waals surface area contributed by atoms with Crippen molar-refractivity contribution in [3.8, 4) is 0 Å². The molecule has 0 spiro atoms. The summed E-state index contributed by atoms with van der Waals surface area (Å²) in [4.78, 5) is 14.7. The summed E-state index contributed by atoms with van der Waals surface area (Å²) in [6.45, 7) is 6.46. The number of benzene rings is 2. The number of nitrogens with zero attached hydrogens (tertiary/aromatic N) is 1. The molecule has 130 valence electrons. The number of hydrogen-bond donors (Lipinski definition) is 0. The maximum atomic E-state index is 12.5. The van der Waals surface area contributed by atoms with Gasteiger partial charge >= 0.3 is 5.97 Å². The molecule has 0 saturated carbocycles. The largest absolute Gasteiger partial charge is 0.459 e. The van der Waals surface area contributed by atoms with Crippen molar-refractivity contribution < 1.29 is 9.53 Å². The minimum atomic E-state index is -0.466. The molecule has 0 N–H and O–H groups in total. The van der Waals surface area contributed by atoms with Gasteiger partial charge in [0.2, 0.25) is 0 Å². The number of ether oxygens (including phenoxy) is 1. The summed E-state index contributed by atoms with van der Waals surface area (Å²) in [7, 11) is 0. The molecule has 1 heterocycles. The molecule has 3 heteroatoms. The molecule has 0 radical (unpaired) electrons. The first-order valence-corrected chi connectivity index (χ1v) is 8.70. The fourth-order valence-corrected chi connectivity index (χ4v) is 2.92. The first kappa shape index (κ1) is 17.4. The van der Waals surface area contributed by atoms with Crippen molar-refractivity contribution >= 4 is 12.0 Å². The van der Waals surface area contributed by atoms with Crippen LogP contribution < -0.4 is 0 Å². The molecule has 3 nitrogen and oxygen atoms in total. The number of carbonyl (C=O) groups is 1. The predicted molar refractivity (Wildman–Crippen MR) is 101 cm³/mol. The smallest absolute Gasteiger partial charge is 0.325 e. The Labute approximate surface area is 149 Å². The first-order chi connectivity index (χ1) is 11.9. The Morgan fingerprint density at radius 2 is 1.64 bits per heavy atom. The lowest BCUT2D eigenvalue weighted by Crippen LogP contribution is -2.28. The third kappa shape index (κ3) is 4.80. The fourth-order valence-electron chi connectivity index (χ4n) is 2.92. The van der Waals surface area contributed by atoms with Gasteiger partial charge < -0.3 is 4.74 Å². The second kappa shape index (κ2) is 7.24. The van der Waals surface area contributed by atoms with E-state index in [-0.39, 0.29) is 18.1 Å². The molecule has 2 aromatic rings. The summed E-state index contributed by atoms with van der Waals surface area (Å²) in [5, 5.41) is 0. The van der Waals surface area contributed by atoms with Crippen LogP contribution in [-0.2, 0) is 16.1 Å². The van der Waals surface area contributed by atoms with Gasteiger partial charge in [-0.2, -0.15) is 0 Å². The Kier molecular flexibility index (Phi) is 5.05. The van der Waals surface area contributed by atoms with Crippen LogP contribution in [0.15, 0.2) is 66.7 Å². The molecule has 0 amide bonds. The highest BCUT2D eigenvalue weighted by Gasteiger charge is 2.52. The Bertz CT molecular complexity index is 732. The van der Waals surface area contributed by atoms with Gasteiger partial charge in [0.15, 0.2) is 0 Å². The van der Waals surface area contributed by atoms with Crippen molar-refractivity contribution in [1.82, 2.24) is 4.90 Å². The van der Waals surface area contributed by atoms with Gasteiger partial charge in [-0.25, -0.2) is 0 Å². The van der Waals surface area contributed by atoms with Crippen LogP contribution >= 0.6 is 0 Å². The topological polar surface area (TPSA) is 29.3 Å². The highest BCUT2D eigenvalue weighted by atomic mass is 16.6. The van der Waals surface area contributed by atoms with Gasteiger partial charge in [0.1, 0.15) is 11.6 Å². The van der Waals surface area contributed by atoms with Gasteiger partial charge in [-0.3, -0.25) is 9.69 Å². The molecular weight excluding hydrogens is 310 g/mol. The molecule has 1 saturated heterocycles. The predicted octanol–water partition coefficient (Wildman–Crippen LogP) is 4.29. The summed E-state index contributed by atoms with van der Waals surface area (Å²) in [6.07, 6.45) is 4.18. The average Bonchev–Trinajstić information content (AvgIpc) is 3.26. The fraction of sp³-hybridized carbons (Fsp3) is 0.318. The van der Waals surface area contributed by atoms with E-state index in [2.05, 4.69) is 41.3 Å². The van der Waals surface area contributed by atoms with Crippen LogP contribution in [0.4, 0.5) is 0 Å². The quantitative estimate of drug-likeness (QED) is 0.603. The lowest BCUT2D eigenvalue weighted by molar-refractivity contribution is -0.155. The van der Waals surface area contributed by atoms with Crippen molar-refractivity contribution in [3.63, 3.8) is 0 Å². The van der Waals surface area contributed by atoms with Crippen molar-refractivity contribution in [2.75, 3.05) is 0 Å². The maximum Gasteiger partial charge on any atom is 0.325 e. The van der Waals surface area contributed by atoms with Crippen molar-refractivity contribution in [2.45, 2.75) is 45.0 Å². The van der Waals surface area contributed by atoms with Crippen LogP contribution in [0.3, 0.4) is 0 Å². The van der Waals surface area contributed by atoms with Crippen molar-refractivity contribution in [1.29, 1.82) is 0 Å². The van der Waals surface area contributed by atoms with E-state index in [0.717, 1.165) is 12.1 Å². The SMILES string of the molecule is CC(C)(C)OC(=O)[C@H]1[C@@H](/C=C/c2ccccc2)N1Cc1ccccc1. The van der Waals surface area contributed by atoms with Gasteiger partial charge in [-0.1, -0.05) is 72.8 Å². The van der Waals surface area contributed by atoms with Crippen LogP contribution in [-0.4, -0.2) is 28.6 Å². The van der Waals surface area contributed by atoms with Gasteiger partial charge in [-0.15, -0.1) is 0 Å². The van der Waals surface area contributed by atoms with E-state index in [0.29, 0.717) is 0 Å². The van der Waals surface area contributed by atoms with E-state index >= 15 is 0 Å². The molecule has 1 fully saturated rings. The Hall–Kier alpha value is -2.39. The van der Waals surface area contributed by atoms with E-state index in [1.165, 1.54) is 5.56 Å². The molecule has 3 atom stereocenters. The number of rotatable bonds is 5. The molecule has 3 rings (SSSR count). The third-order valence-corrected chi connectivity index (χ3v) is 4.12. The lowest BCUT2D eigenvalue weighted by atomic mass is 10.1. The molecule has 2 aromatic carbocycles. The van der Waals surface area contributed by atoms with E-state index in [1.54, 1.807) is 0 Å². The highest BCUT2D eigenvalue weighted by Crippen LogP contribution is 2.34. The second-order valence-corrected chi connectivity index (χ2v) is 7.40. The Balaban J connectivity index is 1.73. The minimum Gasteiger partial charge on any atom is -0.459 e. The van der Waals surface area contributed by atoms with E-state index < -0.39 is 5.60 Å². The summed E-state index contributed by atoms with van der Waals surface area (Å²) in [5.41, 5.74) is 1.87. The number of hydrogen-bond acceptors (Lipinski definition) is 3. The molecule has 0 aliphatic carbocycles. The molecule has 1 unspecified atom stereocenters. The molecule has 0 bridgehead atoms. The van der Waals surface area contributed by atoms with Crippen molar-refractivity contribution in [3.05, 3.63) is 77.9 Å². The van der Waals surface area contributed by atoms with Gasteiger partial charge in [0, 0.05) is 6.54 Å². The van der Waals surface area contributed by atoms with Crippen LogP contribution in [0.5, 0.6) is 0 Å². The van der Waals surface area contributed by atoms with Crippen LogP contribution in [0.2, 0.25) is 0 Å². The normalized spacial score (nSPS) is 22.8. The number of esters is 1. The zero-order chi connectivity index (χ0) is 17.9. The van der Waals surface area contributed by atoms with E-state index in [9.17, 15) is 4.79 Å². The Morgan fingerprint density at radius 1 is 1.04 bits per heavy atom. The van der Waals surface area contributed by atoms with E-state index in [4.69, 9.17) is 4.74 Å². The van der Waals surface area contributed by atoms with Gasteiger partial charge in [0.25, 0.3) is 0 Å². The molecular formula is C22H25NO2. The summed E-state index contributed by atoms with van der Waals surface area (Å²) in [6, 6.07) is 20.2. The van der Waals surface area contributed by atoms with Crippen molar-refractivity contribution in [2.24, 2.45) is 0 Å².